The van der Waals surface area contributed by atoms with Gasteiger partial charge in [-0.3, -0.25) is 9.59 Å². The summed E-state index contributed by atoms with van der Waals surface area (Å²) in [5.74, 6) is 0.536. The lowest BCUT2D eigenvalue weighted by Crippen LogP contribution is -2.57. The summed E-state index contributed by atoms with van der Waals surface area (Å²) in [6, 6.07) is 12.2. The zero-order valence-corrected chi connectivity index (χ0v) is 22.6. The van der Waals surface area contributed by atoms with Crippen molar-refractivity contribution in [1.82, 2.24) is 15.3 Å². The molecule has 4 aliphatic rings. The minimum atomic E-state index is -0.822. The van der Waals surface area contributed by atoms with Crippen molar-refractivity contribution in [3.05, 3.63) is 71.7 Å². The molecule has 1 amide bonds. The lowest BCUT2D eigenvalue weighted by Gasteiger charge is -2.46. The van der Waals surface area contributed by atoms with Crippen LogP contribution in [-0.4, -0.2) is 39.4 Å². The Morgan fingerprint density at radius 1 is 1.08 bits per heavy atom. The highest BCUT2D eigenvalue weighted by Crippen LogP contribution is 2.66. The topological polar surface area (TPSA) is 90.3 Å². The number of hydrogen-bond acceptors (Lipinski definition) is 3. The molecule has 1 aliphatic carbocycles. The Morgan fingerprint density at radius 3 is 2.74 bits per heavy atom. The van der Waals surface area contributed by atoms with E-state index in [0.717, 1.165) is 30.5 Å². The Hall–Kier alpha value is -3.12. The molecule has 7 rings (SSSR count). The predicted octanol–water partition coefficient (Wildman–Crippen LogP) is 5.32. The second-order valence-corrected chi connectivity index (χ2v) is 12.6. The van der Waals surface area contributed by atoms with E-state index in [-0.39, 0.29) is 53.1 Å². The number of aromatic nitrogens is 2. The number of carbonyl (C=O) groups is 2. The number of ketones is 1. The van der Waals surface area contributed by atoms with Gasteiger partial charge in [0.1, 0.15) is 5.41 Å². The summed E-state index contributed by atoms with van der Waals surface area (Å²) in [6.45, 7) is 8.70. The van der Waals surface area contributed by atoms with E-state index in [0.29, 0.717) is 11.6 Å². The summed E-state index contributed by atoms with van der Waals surface area (Å²) in [4.78, 5) is 34.7. The number of nitrogens with one attached hydrogen (secondary N) is 3. The molecule has 3 aromatic rings. The maximum Gasteiger partial charge on any atom is 0.233 e. The van der Waals surface area contributed by atoms with Gasteiger partial charge in [0.2, 0.25) is 5.91 Å². The van der Waals surface area contributed by atoms with Gasteiger partial charge in [0.25, 0.3) is 0 Å². The molecule has 2 aromatic heterocycles. The van der Waals surface area contributed by atoms with Crippen LogP contribution in [0, 0.1) is 29.6 Å². The van der Waals surface area contributed by atoms with E-state index in [9.17, 15) is 9.59 Å². The number of amides is 1. The molecule has 1 aromatic carbocycles. The van der Waals surface area contributed by atoms with Crippen LogP contribution in [0.5, 0.6) is 0 Å². The van der Waals surface area contributed by atoms with E-state index in [4.69, 9.17) is 4.74 Å². The largest absolute Gasteiger partial charge is 0.365 e. The number of benzene rings is 1. The highest BCUT2D eigenvalue weighted by molar-refractivity contribution is 5.97. The molecule has 38 heavy (non-hydrogen) atoms. The van der Waals surface area contributed by atoms with Gasteiger partial charge in [-0.1, -0.05) is 51.1 Å². The third-order valence-electron chi connectivity index (χ3n) is 10.4. The first-order valence-corrected chi connectivity index (χ1v) is 14.2. The van der Waals surface area contributed by atoms with Crippen LogP contribution < -0.4 is 5.32 Å². The molecule has 5 heterocycles. The van der Waals surface area contributed by atoms with Gasteiger partial charge >= 0.3 is 0 Å². The standard InChI is InChI=1S/C32H37N3O3/c1-17-8-7-10-22-29-31(4,38-29)19(3)27-25(15-20-16-33-23-11-6-5-9-21(20)23)35-30(37)32(22,27)26-13-12-24(34-26)28(36)18(2)14-17/h5-7,9-13,16-19,22,25,27,29,33-34H,8,14-15H2,1-4H3,(H,35,37)/t17-,18+,19-,22-,25-,27-,29+,31+,32+/m0/s1. The molecular weight excluding hydrogens is 474 g/mol. The highest BCUT2D eigenvalue weighted by atomic mass is 16.6. The normalized spacial score (nSPS) is 40.1. The van der Waals surface area contributed by atoms with Gasteiger partial charge in [0.05, 0.1) is 17.4 Å². The molecule has 198 valence electrons. The number of carbonyl (C=O) groups excluding carboxylic acids is 2. The van der Waals surface area contributed by atoms with E-state index in [1.54, 1.807) is 0 Å². The molecule has 2 bridgehead atoms. The molecule has 6 heteroatoms. The van der Waals surface area contributed by atoms with Crippen LogP contribution in [0.15, 0.2) is 54.7 Å². The van der Waals surface area contributed by atoms with Gasteiger partial charge in [-0.15, -0.1) is 0 Å². The first kappa shape index (κ1) is 24.0. The number of aromatic amines is 2. The summed E-state index contributed by atoms with van der Waals surface area (Å²) in [5.41, 5.74) is 2.70. The fraction of sp³-hybridized carbons (Fsp3) is 0.500. The van der Waals surface area contributed by atoms with Crippen LogP contribution in [-0.2, 0) is 21.4 Å². The van der Waals surface area contributed by atoms with Crippen LogP contribution in [0.25, 0.3) is 10.9 Å². The van der Waals surface area contributed by atoms with Crippen molar-refractivity contribution in [1.29, 1.82) is 0 Å². The van der Waals surface area contributed by atoms with Crippen LogP contribution in [0.2, 0.25) is 0 Å². The van der Waals surface area contributed by atoms with Crippen molar-refractivity contribution < 1.29 is 14.3 Å². The van der Waals surface area contributed by atoms with Crippen LogP contribution in [0.1, 0.15) is 62.3 Å². The molecule has 3 fully saturated rings. The summed E-state index contributed by atoms with van der Waals surface area (Å²) in [5, 5.41) is 4.67. The Balaban J connectivity index is 1.38. The summed E-state index contributed by atoms with van der Waals surface area (Å²) < 4.78 is 6.50. The lowest BCUT2D eigenvalue weighted by atomic mass is 9.52. The van der Waals surface area contributed by atoms with Gasteiger partial charge in [-0.2, -0.15) is 0 Å². The van der Waals surface area contributed by atoms with Crippen LogP contribution in [0.4, 0.5) is 0 Å². The molecular formula is C32H37N3O3. The third-order valence-corrected chi connectivity index (χ3v) is 10.4. The van der Waals surface area contributed by atoms with E-state index in [1.807, 2.05) is 25.1 Å². The second-order valence-electron chi connectivity index (χ2n) is 12.6. The second kappa shape index (κ2) is 8.19. The van der Waals surface area contributed by atoms with Gasteiger partial charge in [-0.25, -0.2) is 0 Å². The van der Waals surface area contributed by atoms with E-state index >= 15 is 0 Å². The number of para-hydroxylation sites is 1. The third kappa shape index (κ3) is 3.16. The molecule has 1 spiro atoms. The minimum absolute atomic E-state index is 0.00134. The molecule has 2 saturated heterocycles. The molecule has 0 radical (unpaired) electrons. The molecule has 3 aliphatic heterocycles. The first-order valence-electron chi connectivity index (χ1n) is 14.2. The number of rotatable bonds is 2. The quantitative estimate of drug-likeness (QED) is 0.321. The van der Waals surface area contributed by atoms with E-state index in [1.165, 1.54) is 10.9 Å². The average Bonchev–Trinajstić information content (AvgIpc) is 3.23. The number of H-pyrrole nitrogens is 2. The van der Waals surface area contributed by atoms with Gasteiger partial charge < -0.3 is 20.0 Å². The molecule has 9 atom stereocenters. The fourth-order valence-electron chi connectivity index (χ4n) is 8.35. The lowest BCUT2D eigenvalue weighted by molar-refractivity contribution is -0.127. The summed E-state index contributed by atoms with van der Waals surface area (Å²) >= 11 is 0. The Labute approximate surface area is 223 Å². The predicted molar refractivity (Wildman–Crippen MR) is 147 cm³/mol. The van der Waals surface area contributed by atoms with Gasteiger partial charge in [0, 0.05) is 46.6 Å². The number of epoxide rings is 1. The SMILES string of the molecule is C[C@H]1CC=C[C@H]2[C@H]3O[C@]3(C)[C@@H](C)[C@H]3[C@H](Cc4c[nH]c5ccccc45)NC(=O)[C@]32c2ccc([nH]2)C(=O)[C@H](C)C1. The molecule has 3 N–H and O–H groups in total. The van der Waals surface area contributed by atoms with E-state index < -0.39 is 5.41 Å². The Morgan fingerprint density at radius 2 is 1.89 bits per heavy atom. The van der Waals surface area contributed by atoms with E-state index in [2.05, 4.69) is 72.6 Å². The maximum absolute atomic E-state index is 14.4. The average molecular weight is 512 g/mol. The monoisotopic (exact) mass is 511 g/mol. The van der Waals surface area contributed by atoms with Crippen molar-refractivity contribution >= 4 is 22.6 Å². The van der Waals surface area contributed by atoms with Crippen molar-refractivity contribution in [2.75, 3.05) is 0 Å². The molecule has 0 unspecified atom stereocenters. The fourth-order valence-corrected chi connectivity index (χ4v) is 8.35. The summed E-state index contributed by atoms with van der Waals surface area (Å²) in [7, 11) is 0. The Kier molecular flexibility index (Phi) is 5.16. The number of fused-ring (bicyclic) bond motifs is 5. The molecule has 6 nitrogen and oxygen atoms in total. The van der Waals surface area contributed by atoms with Gasteiger partial charge in [0.15, 0.2) is 5.78 Å². The number of ether oxygens (including phenoxy) is 1. The number of allylic oxidation sites excluding steroid dienone is 1. The van der Waals surface area contributed by atoms with Crippen molar-refractivity contribution in [3.8, 4) is 0 Å². The Bertz CT molecular complexity index is 1470. The smallest absolute Gasteiger partial charge is 0.233 e. The first-order chi connectivity index (χ1) is 18.2. The minimum Gasteiger partial charge on any atom is -0.365 e. The maximum atomic E-state index is 14.4. The van der Waals surface area contributed by atoms with Gasteiger partial charge in [-0.05, 0) is 61.8 Å². The number of hydrogen-bond donors (Lipinski definition) is 3. The zero-order valence-electron chi connectivity index (χ0n) is 22.6. The van der Waals surface area contributed by atoms with Crippen molar-refractivity contribution in [3.63, 3.8) is 0 Å². The van der Waals surface area contributed by atoms with Crippen molar-refractivity contribution in [2.45, 2.75) is 70.1 Å². The van der Waals surface area contributed by atoms with Crippen LogP contribution >= 0.6 is 0 Å². The number of Topliss-reactive ketones (excluding diaryl/α,β-unsaturated/α-hetero) is 1. The summed E-state index contributed by atoms with van der Waals surface area (Å²) in [6.07, 6.45) is 9.05. The highest BCUT2D eigenvalue weighted by Gasteiger charge is 2.77. The van der Waals surface area contributed by atoms with Crippen molar-refractivity contribution in [2.24, 2.45) is 29.6 Å². The van der Waals surface area contributed by atoms with Crippen LogP contribution in [0.3, 0.4) is 0 Å². The zero-order chi connectivity index (χ0) is 26.4. The molecule has 1 saturated carbocycles.